The molecule has 172 valence electrons. The second kappa shape index (κ2) is 7.40. The van der Waals surface area contributed by atoms with E-state index >= 15 is 0 Å². The first-order valence-corrected chi connectivity index (χ1v) is 10.7. The Balaban J connectivity index is 1.49. The van der Waals surface area contributed by atoms with Gasteiger partial charge in [0.05, 0.1) is 32.4 Å². The standard InChI is InChI=1S/C22H25F3N4O3/c1-21(22(23,24)25)13-28-19(30)10-18(27-11-17-9-15(27)12-32-17)26-20(28)29(21)8-7-14-3-5-16(31-2)6-4-14/h3-6,10,15,17H,7-9,11-13H2,1-2H3. The maximum atomic E-state index is 14.2. The van der Waals surface area contributed by atoms with Crippen LogP contribution in [0.4, 0.5) is 24.9 Å². The van der Waals surface area contributed by atoms with Gasteiger partial charge in [-0.1, -0.05) is 12.1 Å². The molecule has 1 aromatic carbocycles. The Bertz CT molecular complexity index is 1070. The SMILES string of the molecule is COc1ccc(CCN2c3nc(N4CC5CC4CO5)cc(=O)n3CC2(C)C(F)(F)F)cc1. The number of alkyl halides is 3. The van der Waals surface area contributed by atoms with Crippen LogP contribution in [-0.4, -0.2) is 60.2 Å². The van der Waals surface area contributed by atoms with E-state index in [0.29, 0.717) is 31.1 Å². The molecule has 7 nitrogen and oxygen atoms in total. The molecular weight excluding hydrogens is 425 g/mol. The predicted octanol–water partition coefficient (Wildman–Crippen LogP) is 2.61. The number of rotatable bonds is 5. The summed E-state index contributed by atoms with van der Waals surface area (Å²) in [5, 5.41) is 0. The number of hydrogen-bond donors (Lipinski definition) is 0. The molecule has 2 aromatic rings. The average Bonchev–Trinajstić information content (AvgIpc) is 3.46. The van der Waals surface area contributed by atoms with Crippen LogP contribution in [0.5, 0.6) is 5.75 Å². The second-order valence-corrected chi connectivity index (χ2v) is 8.86. The Morgan fingerprint density at radius 1 is 1.28 bits per heavy atom. The van der Waals surface area contributed by atoms with Crippen molar-refractivity contribution in [3.8, 4) is 5.75 Å². The van der Waals surface area contributed by atoms with Gasteiger partial charge in [-0.2, -0.15) is 18.2 Å². The van der Waals surface area contributed by atoms with Gasteiger partial charge in [-0.05, 0) is 37.5 Å². The van der Waals surface area contributed by atoms with Crippen LogP contribution < -0.4 is 20.1 Å². The van der Waals surface area contributed by atoms with Crippen molar-refractivity contribution >= 4 is 11.8 Å². The van der Waals surface area contributed by atoms with E-state index in [4.69, 9.17) is 9.47 Å². The number of halogens is 3. The van der Waals surface area contributed by atoms with Crippen molar-refractivity contribution in [2.24, 2.45) is 0 Å². The van der Waals surface area contributed by atoms with Gasteiger partial charge in [0.2, 0.25) is 5.95 Å². The average molecular weight is 450 g/mol. The van der Waals surface area contributed by atoms with Crippen LogP contribution in [0.15, 0.2) is 35.1 Å². The van der Waals surface area contributed by atoms with Crippen molar-refractivity contribution in [1.82, 2.24) is 9.55 Å². The molecule has 32 heavy (non-hydrogen) atoms. The Hall–Kier alpha value is -2.75. The van der Waals surface area contributed by atoms with Crippen LogP contribution in [0.1, 0.15) is 18.9 Å². The zero-order valence-electron chi connectivity index (χ0n) is 17.9. The molecule has 0 saturated carbocycles. The van der Waals surface area contributed by atoms with Crippen molar-refractivity contribution in [2.75, 3.05) is 36.6 Å². The Morgan fingerprint density at radius 3 is 2.62 bits per heavy atom. The summed E-state index contributed by atoms with van der Waals surface area (Å²) in [6.07, 6.45) is -3.22. The van der Waals surface area contributed by atoms with Gasteiger partial charge in [-0.25, -0.2) is 0 Å². The first-order chi connectivity index (χ1) is 15.2. The summed E-state index contributed by atoms with van der Waals surface area (Å²) < 4.78 is 54.5. The topological polar surface area (TPSA) is 59.8 Å². The highest BCUT2D eigenvalue weighted by Gasteiger charge is 2.59. The third kappa shape index (κ3) is 3.32. The number of anilines is 2. The molecule has 0 N–H and O–H groups in total. The van der Waals surface area contributed by atoms with Crippen molar-refractivity contribution in [1.29, 1.82) is 0 Å². The molecule has 10 heteroatoms. The Morgan fingerprint density at radius 2 is 2.03 bits per heavy atom. The van der Waals surface area contributed by atoms with Crippen LogP contribution in [0.25, 0.3) is 0 Å². The fraction of sp³-hybridized carbons (Fsp3) is 0.545. The third-order valence-corrected chi connectivity index (χ3v) is 6.87. The van der Waals surface area contributed by atoms with Gasteiger partial charge in [0.15, 0.2) is 5.54 Å². The van der Waals surface area contributed by atoms with Gasteiger partial charge in [0, 0.05) is 19.2 Å². The second-order valence-electron chi connectivity index (χ2n) is 8.86. The quantitative estimate of drug-likeness (QED) is 0.698. The first kappa shape index (κ1) is 21.1. The van der Waals surface area contributed by atoms with Gasteiger partial charge in [0.25, 0.3) is 5.56 Å². The van der Waals surface area contributed by atoms with Gasteiger partial charge < -0.3 is 19.3 Å². The minimum atomic E-state index is -4.53. The lowest BCUT2D eigenvalue weighted by Crippen LogP contribution is -2.56. The molecule has 3 aliphatic rings. The largest absolute Gasteiger partial charge is 0.497 e. The molecule has 2 bridgehead atoms. The lowest BCUT2D eigenvalue weighted by Gasteiger charge is -2.37. The zero-order valence-corrected chi connectivity index (χ0v) is 17.9. The van der Waals surface area contributed by atoms with E-state index in [1.807, 2.05) is 17.0 Å². The molecular formula is C22H25F3N4O3. The number of nitrogens with zero attached hydrogens (tertiary/aromatic N) is 4. The lowest BCUT2D eigenvalue weighted by molar-refractivity contribution is -0.182. The molecule has 1 aromatic heterocycles. The van der Waals surface area contributed by atoms with Crippen molar-refractivity contribution in [3.63, 3.8) is 0 Å². The van der Waals surface area contributed by atoms with Crippen molar-refractivity contribution < 1.29 is 22.6 Å². The predicted molar refractivity (Wildman–Crippen MR) is 112 cm³/mol. The summed E-state index contributed by atoms with van der Waals surface area (Å²) in [6.45, 7) is 1.89. The summed E-state index contributed by atoms with van der Waals surface area (Å²) in [4.78, 5) is 20.7. The zero-order chi connectivity index (χ0) is 22.7. The summed E-state index contributed by atoms with van der Waals surface area (Å²) in [7, 11) is 1.56. The number of aromatic nitrogens is 2. The van der Waals surface area contributed by atoms with Crippen LogP contribution in [0, 0.1) is 0 Å². The van der Waals surface area contributed by atoms with Crippen LogP contribution in [0.2, 0.25) is 0 Å². The molecule has 2 saturated heterocycles. The summed E-state index contributed by atoms with van der Waals surface area (Å²) >= 11 is 0. The molecule has 2 fully saturated rings. The molecule has 3 unspecified atom stereocenters. The number of morpholine rings is 1. The molecule has 0 spiro atoms. The number of hydrogen-bond acceptors (Lipinski definition) is 6. The normalized spacial score (nSPS) is 26.7. The lowest BCUT2D eigenvalue weighted by atomic mass is 10.00. The third-order valence-electron chi connectivity index (χ3n) is 6.87. The van der Waals surface area contributed by atoms with E-state index < -0.39 is 23.8 Å². The van der Waals surface area contributed by atoms with Crippen LogP contribution in [0.3, 0.4) is 0 Å². The van der Waals surface area contributed by atoms with Crippen LogP contribution >= 0.6 is 0 Å². The van der Waals surface area contributed by atoms with E-state index in [-0.39, 0.29) is 24.6 Å². The monoisotopic (exact) mass is 450 g/mol. The fourth-order valence-electron chi connectivity index (χ4n) is 4.90. The maximum absolute atomic E-state index is 14.2. The minimum absolute atomic E-state index is 0.0736. The fourth-order valence-corrected chi connectivity index (χ4v) is 4.90. The minimum Gasteiger partial charge on any atom is -0.497 e. The highest BCUT2D eigenvalue weighted by molar-refractivity contribution is 5.51. The maximum Gasteiger partial charge on any atom is 0.413 e. The smallest absolute Gasteiger partial charge is 0.413 e. The van der Waals surface area contributed by atoms with E-state index in [1.165, 1.54) is 11.0 Å². The number of fused-ring (bicyclic) bond motifs is 3. The summed E-state index contributed by atoms with van der Waals surface area (Å²) in [6, 6.07) is 8.69. The van der Waals surface area contributed by atoms with Crippen LogP contribution in [-0.2, 0) is 17.7 Å². The van der Waals surface area contributed by atoms with Gasteiger partial charge in [0.1, 0.15) is 11.6 Å². The molecule has 4 heterocycles. The first-order valence-electron chi connectivity index (χ1n) is 10.7. The molecule has 3 aliphatic heterocycles. The Labute approximate surface area is 183 Å². The van der Waals surface area contributed by atoms with E-state index in [9.17, 15) is 18.0 Å². The highest BCUT2D eigenvalue weighted by Crippen LogP contribution is 2.43. The van der Waals surface area contributed by atoms with E-state index in [0.717, 1.165) is 23.5 Å². The van der Waals surface area contributed by atoms with Gasteiger partial charge in [-0.15, -0.1) is 0 Å². The molecule has 3 atom stereocenters. The Kier molecular flexibility index (Phi) is 4.88. The number of benzene rings is 1. The van der Waals surface area contributed by atoms with Gasteiger partial charge in [-0.3, -0.25) is 9.36 Å². The van der Waals surface area contributed by atoms with Crippen molar-refractivity contribution in [2.45, 2.75) is 50.2 Å². The molecule has 0 amide bonds. The van der Waals surface area contributed by atoms with E-state index in [2.05, 4.69) is 4.98 Å². The van der Waals surface area contributed by atoms with E-state index in [1.54, 1.807) is 19.2 Å². The van der Waals surface area contributed by atoms with Crippen molar-refractivity contribution in [3.05, 3.63) is 46.2 Å². The summed E-state index contributed by atoms with van der Waals surface area (Å²) in [5.74, 6) is 1.18. The molecule has 0 radical (unpaired) electrons. The number of methoxy groups -OCH3 is 1. The molecule has 0 aliphatic carbocycles. The number of ether oxygens (including phenoxy) is 2. The summed E-state index contributed by atoms with van der Waals surface area (Å²) in [5.41, 5.74) is -1.80. The van der Waals surface area contributed by atoms with Gasteiger partial charge >= 0.3 is 6.18 Å². The molecule has 5 rings (SSSR count). The highest BCUT2D eigenvalue weighted by atomic mass is 19.4.